The Hall–Kier alpha value is -2.56. The molecule has 2 rings (SSSR count). The molecule has 2 aromatic carbocycles. The van der Waals surface area contributed by atoms with Gasteiger partial charge in [-0.3, -0.25) is 4.79 Å². The van der Waals surface area contributed by atoms with Crippen LogP contribution < -0.4 is 16.8 Å². The number of primary amides is 1. The van der Waals surface area contributed by atoms with E-state index in [4.69, 9.17) is 11.5 Å². The minimum Gasteiger partial charge on any atom is -0.398 e. The van der Waals surface area contributed by atoms with E-state index in [0.717, 1.165) is 5.56 Å². The first-order valence-electron chi connectivity index (χ1n) is 6.60. The topological polar surface area (TPSA) is 81.1 Å². The van der Waals surface area contributed by atoms with Gasteiger partial charge in [0, 0.05) is 17.4 Å². The van der Waals surface area contributed by atoms with Crippen molar-refractivity contribution in [1.82, 2.24) is 0 Å². The molecule has 0 aliphatic carbocycles. The SMILES string of the molecule is Cc1ccc(C(C)Nc2ccc(N)c(C(N)=O)c2)cc1F. The van der Waals surface area contributed by atoms with Crippen LogP contribution in [0.25, 0.3) is 0 Å². The highest BCUT2D eigenvalue weighted by Gasteiger charge is 2.10. The van der Waals surface area contributed by atoms with Crippen molar-refractivity contribution >= 4 is 17.3 Å². The summed E-state index contributed by atoms with van der Waals surface area (Å²) in [6, 6.07) is 9.94. The number of rotatable bonds is 4. The second-order valence-electron chi connectivity index (χ2n) is 5.04. The summed E-state index contributed by atoms with van der Waals surface area (Å²) in [4.78, 5) is 11.3. The molecule has 0 radical (unpaired) electrons. The smallest absolute Gasteiger partial charge is 0.250 e. The second kappa shape index (κ2) is 5.83. The maximum Gasteiger partial charge on any atom is 0.250 e. The van der Waals surface area contributed by atoms with E-state index in [0.29, 0.717) is 16.9 Å². The van der Waals surface area contributed by atoms with Crippen molar-refractivity contribution in [2.75, 3.05) is 11.1 Å². The molecule has 1 amide bonds. The monoisotopic (exact) mass is 287 g/mol. The zero-order valence-corrected chi connectivity index (χ0v) is 12.0. The maximum atomic E-state index is 13.6. The zero-order chi connectivity index (χ0) is 15.6. The number of carbonyl (C=O) groups is 1. The molecule has 5 heteroatoms. The summed E-state index contributed by atoms with van der Waals surface area (Å²) in [6.07, 6.45) is 0. The van der Waals surface area contributed by atoms with E-state index in [9.17, 15) is 9.18 Å². The lowest BCUT2D eigenvalue weighted by Crippen LogP contribution is -2.14. The van der Waals surface area contributed by atoms with Gasteiger partial charge >= 0.3 is 0 Å². The van der Waals surface area contributed by atoms with Crippen molar-refractivity contribution in [2.24, 2.45) is 5.73 Å². The minimum atomic E-state index is -0.579. The molecule has 0 aliphatic rings. The molecule has 1 atom stereocenters. The fourth-order valence-corrected chi connectivity index (χ4v) is 2.07. The van der Waals surface area contributed by atoms with E-state index in [2.05, 4.69) is 5.32 Å². The summed E-state index contributed by atoms with van der Waals surface area (Å²) in [5.74, 6) is -0.818. The van der Waals surface area contributed by atoms with Gasteiger partial charge in [0.25, 0.3) is 5.91 Å². The normalized spacial score (nSPS) is 12.0. The number of aryl methyl sites for hydroxylation is 1. The fraction of sp³-hybridized carbons (Fsp3) is 0.188. The first-order chi connectivity index (χ1) is 9.88. The Kier molecular flexibility index (Phi) is 4.12. The van der Waals surface area contributed by atoms with Crippen LogP contribution in [0.5, 0.6) is 0 Å². The highest BCUT2D eigenvalue weighted by Crippen LogP contribution is 2.23. The highest BCUT2D eigenvalue weighted by molar-refractivity contribution is 5.98. The lowest BCUT2D eigenvalue weighted by atomic mass is 10.1. The maximum absolute atomic E-state index is 13.6. The van der Waals surface area contributed by atoms with Crippen LogP contribution in [0.3, 0.4) is 0 Å². The Balaban J connectivity index is 2.23. The minimum absolute atomic E-state index is 0.121. The van der Waals surface area contributed by atoms with E-state index in [-0.39, 0.29) is 17.4 Å². The predicted octanol–water partition coefficient (Wildman–Crippen LogP) is 2.99. The zero-order valence-electron chi connectivity index (χ0n) is 12.0. The molecule has 4 nitrogen and oxygen atoms in total. The number of benzene rings is 2. The molecule has 0 aromatic heterocycles. The molecule has 0 heterocycles. The van der Waals surface area contributed by atoms with E-state index in [1.165, 1.54) is 6.07 Å². The molecule has 5 N–H and O–H groups in total. The van der Waals surface area contributed by atoms with Crippen molar-refractivity contribution in [2.45, 2.75) is 19.9 Å². The number of nitrogen functional groups attached to an aromatic ring is 1. The summed E-state index contributed by atoms with van der Waals surface area (Å²) < 4.78 is 13.6. The molecule has 0 saturated heterocycles. The molecule has 0 fully saturated rings. The van der Waals surface area contributed by atoms with Crippen LogP contribution in [-0.4, -0.2) is 5.91 Å². The van der Waals surface area contributed by atoms with Gasteiger partial charge in [-0.25, -0.2) is 4.39 Å². The molecular weight excluding hydrogens is 269 g/mol. The molecule has 0 aliphatic heterocycles. The third-order valence-electron chi connectivity index (χ3n) is 3.40. The number of nitrogens with one attached hydrogen (secondary N) is 1. The first-order valence-corrected chi connectivity index (χ1v) is 6.60. The molecule has 2 aromatic rings. The third-order valence-corrected chi connectivity index (χ3v) is 3.40. The van der Waals surface area contributed by atoms with Crippen molar-refractivity contribution in [1.29, 1.82) is 0 Å². The summed E-state index contributed by atoms with van der Waals surface area (Å²) in [7, 11) is 0. The van der Waals surface area contributed by atoms with Crippen molar-refractivity contribution in [3.05, 3.63) is 58.9 Å². The summed E-state index contributed by atoms with van der Waals surface area (Å²) in [5, 5.41) is 3.20. The van der Waals surface area contributed by atoms with Gasteiger partial charge in [-0.05, 0) is 49.2 Å². The number of carbonyl (C=O) groups excluding carboxylic acids is 1. The lowest BCUT2D eigenvalue weighted by Gasteiger charge is -2.17. The summed E-state index contributed by atoms with van der Waals surface area (Å²) in [6.45, 7) is 3.63. The Labute approximate surface area is 123 Å². The highest BCUT2D eigenvalue weighted by atomic mass is 19.1. The van der Waals surface area contributed by atoms with Gasteiger partial charge in [-0.15, -0.1) is 0 Å². The van der Waals surface area contributed by atoms with Gasteiger partial charge < -0.3 is 16.8 Å². The molecule has 0 bridgehead atoms. The van der Waals surface area contributed by atoms with Crippen molar-refractivity contribution < 1.29 is 9.18 Å². The first kappa shape index (κ1) is 14.8. The number of hydrogen-bond donors (Lipinski definition) is 3. The largest absolute Gasteiger partial charge is 0.398 e. The standard InChI is InChI=1S/C16H18FN3O/c1-9-3-4-11(7-14(9)17)10(2)20-12-5-6-15(18)13(8-12)16(19)21/h3-8,10,20H,18H2,1-2H3,(H2,19,21). The van der Waals surface area contributed by atoms with E-state index >= 15 is 0 Å². The van der Waals surface area contributed by atoms with Gasteiger partial charge in [-0.2, -0.15) is 0 Å². The predicted molar refractivity (Wildman–Crippen MR) is 82.5 cm³/mol. The van der Waals surface area contributed by atoms with Crippen LogP contribution in [0.4, 0.5) is 15.8 Å². The van der Waals surface area contributed by atoms with E-state index < -0.39 is 5.91 Å². The number of hydrogen-bond acceptors (Lipinski definition) is 3. The summed E-state index contributed by atoms with van der Waals surface area (Å²) in [5.41, 5.74) is 13.7. The quantitative estimate of drug-likeness (QED) is 0.756. The molecule has 1 unspecified atom stereocenters. The summed E-state index contributed by atoms with van der Waals surface area (Å²) >= 11 is 0. The Morgan fingerprint density at radius 3 is 2.57 bits per heavy atom. The van der Waals surface area contributed by atoms with Crippen LogP contribution in [0.15, 0.2) is 36.4 Å². The number of anilines is 2. The lowest BCUT2D eigenvalue weighted by molar-refractivity contribution is 0.100. The molecular formula is C16H18FN3O. The van der Waals surface area contributed by atoms with E-state index in [1.807, 2.05) is 13.0 Å². The van der Waals surface area contributed by atoms with Crippen LogP contribution in [0.2, 0.25) is 0 Å². The fourth-order valence-electron chi connectivity index (χ4n) is 2.07. The Bertz CT molecular complexity index is 685. The van der Waals surface area contributed by atoms with Crippen LogP contribution in [-0.2, 0) is 0 Å². The molecule has 0 saturated carbocycles. The van der Waals surface area contributed by atoms with Gasteiger partial charge in [0.05, 0.1) is 5.56 Å². The van der Waals surface area contributed by atoms with Crippen LogP contribution in [0, 0.1) is 12.7 Å². The number of amides is 1. The van der Waals surface area contributed by atoms with Crippen LogP contribution >= 0.6 is 0 Å². The Morgan fingerprint density at radius 1 is 1.24 bits per heavy atom. The van der Waals surface area contributed by atoms with Gasteiger partial charge in [-0.1, -0.05) is 12.1 Å². The van der Waals surface area contributed by atoms with Crippen molar-refractivity contribution in [3.63, 3.8) is 0 Å². The van der Waals surface area contributed by atoms with E-state index in [1.54, 1.807) is 31.2 Å². The Morgan fingerprint density at radius 2 is 1.95 bits per heavy atom. The molecule has 110 valence electrons. The van der Waals surface area contributed by atoms with Crippen LogP contribution in [0.1, 0.15) is 34.5 Å². The molecule has 0 spiro atoms. The second-order valence-corrected chi connectivity index (χ2v) is 5.04. The van der Waals surface area contributed by atoms with Gasteiger partial charge in [0.1, 0.15) is 5.82 Å². The molecule has 21 heavy (non-hydrogen) atoms. The average molecular weight is 287 g/mol. The van der Waals surface area contributed by atoms with Gasteiger partial charge in [0.2, 0.25) is 0 Å². The number of nitrogens with two attached hydrogens (primary N) is 2. The van der Waals surface area contributed by atoms with Crippen molar-refractivity contribution in [3.8, 4) is 0 Å². The average Bonchev–Trinajstić information content (AvgIpc) is 2.43. The third kappa shape index (κ3) is 3.31. The number of halogens is 1. The van der Waals surface area contributed by atoms with Gasteiger partial charge in [0.15, 0.2) is 0 Å².